The van der Waals surface area contributed by atoms with Crippen LogP contribution in [0.4, 0.5) is 11.4 Å². The summed E-state index contributed by atoms with van der Waals surface area (Å²) in [6, 6.07) is 17.5. The van der Waals surface area contributed by atoms with Crippen molar-refractivity contribution in [2.45, 2.75) is 57.7 Å². The van der Waals surface area contributed by atoms with Crippen LogP contribution >= 0.6 is 0 Å². The lowest BCUT2D eigenvalue weighted by molar-refractivity contribution is 0.492. The molecule has 2 nitrogen and oxygen atoms in total. The summed E-state index contributed by atoms with van der Waals surface area (Å²) in [5.74, 6) is 1.79. The van der Waals surface area contributed by atoms with E-state index in [1.807, 2.05) is 0 Å². The fourth-order valence-electron chi connectivity index (χ4n) is 2.72. The highest BCUT2D eigenvalue weighted by Gasteiger charge is 2.38. The van der Waals surface area contributed by atoms with Crippen molar-refractivity contribution in [1.82, 2.24) is 0 Å². The van der Waals surface area contributed by atoms with E-state index in [-0.39, 0.29) is 5.04 Å². The third kappa shape index (κ3) is 4.09. The van der Waals surface area contributed by atoms with Gasteiger partial charge in [0.05, 0.1) is 0 Å². The number of hydrogen-bond acceptors (Lipinski definition) is 2. The molecule has 0 N–H and O–H groups in total. The van der Waals surface area contributed by atoms with Crippen LogP contribution in [0, 0.1) is 0 Å². The SMILES string of the molecule is CN(c1ccc(O[Si](C)(C)C(C)(C)C)cc1)c1ccc(C2CC2)cc1. The minimum Gasteiger partial charge on any atom is -0.544 e. The lowest BCUT2D eigenvalue weighted by atomic mass is 10.1. The van der Waals surface area contributed by atoms with Gasteiger partial charge >= 0.3 is 0 Å². The van der Waals surface area contributed by atoms with Gasteiger partial charge in [-0.05, 0) is 78.9 Å². The highest BCUT2D eigenvalue weighted by Crippen LogP contribution is 2.41. The topological polar surface area (TPSA) is 12.5 Å². The normalized spacial score (nSPS) is 15.1. The molecule has 1 saturated carbocycles. The molecule has 3 rings (SSSR count). The zero-order chi connectivity index (χ0) is 18.2. The minimum absolute atomic E-state index is 0.214. The summed E-state index contributed by atoms with van der Waals surface area (Å²) in [6.07, 6.45) is 2.70. The molecule has 0 atom stereocenters. The first-order valence-electron chi connectivity index (χ1n) is 9.30. The van der Waals surface area contributed by atoms with Gasteiger partial charge in [0.1, 0.15) is 5.75 Å². The number of hydrogen-bond donors (Lipinski definition) is 0. The van der Waals surface area contributed by atoms with Crippen molar-refractivity contribution in [2.75, 3.05) is 11.9 Å². The second-order valence-corrected chi connectivity index (χ2v) is 13.5. The first-order chi connectivity index (χ1) is 11.7. The van der Waals surface area contributed by atoms with Gasteiger partial charge in [0, 0.05) is 18.4 Å². The van der Waals surface area contributed by atoms with Crippen LogP contribution in [-0.2, 0) is 0 Å². The first-order valence-corrected chi connectivity index (χ1v) is 12.2. The van der Waals surface area contributed by atoms with Crippen LogP contribution in [0.15, 0.2) is 48.5 Å². The van der Waals surface area contributed by atoms with E-state index in [0.717, 1.165) is 11.7 Å². The van der Waals surface area contributed by atoms with Crippen LogP contribution in [-0.4, -0.2) is 15.4 Å². The van der Waals surface area contributed by atoms with Gasteiger partial charge in [0.2, 0.25) is 8.32 Å². The highest BCUT2D eigenvalue weighted by molar-refractivity contribution is 6.74. The lowest BCUT2D eigenvalue weighted by Gasteiger charge is -2.36. The van der Waals surface area contributed by atoms with Crippen LogP contribution in [0.1, 0.15) is 45.1 Å². The Hall–Kier alpha value is -1.74. The predicted molar refractivity (Wildman–Crippen MR) is 111 cm³/mol. The zero-order valence-corrected chi connectivity index (χ0v) is 17.5. The van der Waals surface area contributed by atoms with Gasteiger partial charge in [-0.2, -0.15) is 0 Å². The predicted octanol–water partition coefficient (Wildman–Crippen LogP) is 6.72. The molecule has 0 saturated heterocycles. The molecule has 0 radical (unpaired) electrons. The van der Waals surface area contributed by atoms with Crippen molar-refractivity contribution in [3.63, 3.8) is 0 Å². The number of anilines is 2. The minimum atomic E-state index is -1.78. The van der Waals surface area contributed by atoms with Crippen molar-refractivity contribution >= 4 is 19.7 Å². The molecule has 3 heteroatoms. The molecule has 1 aliphatic rings. The molecule has 0 aliphatic heterocycles. The summed E-state index contributed by atoms with van der Waals surface area (Å²) < 4.78 is 6.38. The summed E-state index contributed by atoms with van der Waals surface area (Å²) in [5, 5.41) is 0.214. The van der Waals surface area contributed by atoms with E-state index < -0.39 is 8.32 Å². The Morgan fingerprint density at radius 3 is 1.80 bits per heavy atom. The molecule has 0 spiro atoms. The second-order valence-electron chi connectivity index (χ2n) is 8.78. The van der Waals surface area contributed by atoms with E-state index in [9.17, 15) is 0 Å². The van der Waals surface area contributed by atoms with Crippen LogP contribution in [0.2, 0.25) is 18.1 Å². The van der Waals surface area contributed by atoms with Crippen LogP contribution in [0.25, 0.3) is 0 Å². The molecule has 0 heterocycles. The molecule has 0 bridgehead atoms. The molecule has 2 aromatic carbocycles. The molecule has 0 aromatic heterocycles. The van der Waals surface area contributed by atoms with Crippen molar-refractivity contribution < 1.29 is 4.43 Å². The Labute approximate surface area is 154 Å². The van der Waals surface area contributed by atoms with Gasteiger partial charge in [-0.1, -0.05) is 32.9 Å². The Morgan fingerprint density at radius 1 is 0.880 bits per heavy atom. The van der Waals surface area contributed by atoms with E-state index in [4.69, 9.17) is 4.43 Å². The molecule has 0 amide bonds. The Bertz CT molecular complexity index is 709. The van der Waals surface area contributed by atoms with Gasteiger partial charge in [-0.15, -0.1) is 0 Å². The van der Waals surface area contributed by atoms with Crippen molar-refractivity contribution in [1.29, 1.82) is 0 Å². The third-order valence-electron chi connectivity index (χ3n) is 5.73. The lowest BCUT2D eigenvalue weighted by Crippen LogP contribution is -2.43. The Balaban J connectivity index is 1.70. The maximum absolute atomic E-state index is 6.38. The van der Waals surface area contributed by atoms with E-state index in [1.54, 1.807) is 0 Å². The first kappa shape index (κ1) is 18.1. The molecular weight excluding hydrogens is 322 g/mol. The number of benzene rings is 2. The molecule has 2 aromatic rings. The van der Waals surface area contributed by atoms with E-state index in [1.165, 1.54) is 29.8 Å². The maximum Gasteiger partial charge on any atom is 0.250 e. The summed E-state index contributed by atoms with van der Waals surface area (Å²) in [4.78, 5) is 2.23. The average molecular weight is 354 g/mol. The zero-order valence-electron chi connectivity index (χ0n) is 16.5. The van der Waals surface area contributed by atoms with Crippen LogP contribution < -0.4 is 9.33 Å². The summed E-state index contributed by atoms with van der Waals surface area (Å²) in [7, 11) is 0.342. The van der Waals surface area contributed by atoms with E-state index in [2.05, 4.69) is 94.3 Å². The van der Waals surface area contributed by atoms with Gasteiger partial charge in [0.25, 0.3) is 0 Å². The maximum atomic E-state index is 6.38. The summed E-state index contributed by atoms with van der Waals surface area (Å²) >= 11 is 0. The van der Waals surface area contributed by atoms with Crippen LogP contribution in [0.3, 0.4) is 0 Å². The molecular formula is C22H31NOSi. The van der Waals surface area contributed by atoms with E-state index in [0.29, 0.717) is 0 Å². The van der Waals surface area contributed by atoms with Crippen molar-refractivity contribution in [3.05, 3.63) is 54.1 Å². The van der Waals surface area contributed by atoms with Gasteiger partial charge in [0.15, 0.2) is 0 Å². The molecule has 25 heavy (non-hydrogen) atoms. The summed E-state index contributed by atoms with van der Waals surface area (Å²) in [5.41, 5.74) is 3.89. The fraction of sp³-hybridized carbons (Fsp3) is 0.455. The van der Waals surface area contributed by atoms with Crippen LogP contribution in [0.5, 0.6) is 5.75 Å². The van der Waals surface area contributed by atoms with Gasteiger partial charge in [-0.25, -0.2) is 0 Å². The molecule has 1 fully saturated rings. The van der Waals surface area contributed by atoms with Crippen molar-refractivity contribution in [3.8, 4) is 5.75 Å². The molecule has 0 unspecified atom stereocenters. The smallest absolute Gasteiger partial charge is 0.250 e. The quantitative estimate of drug-likeness (QED) is 0.553. The Morgan fingerprint density at radius 2 is 1.36 bits per heavy atom. The Kier molecular flexibility index (Phi) is 4.71. The fourth-order valence-corrected chi connectivity index (χ4v) is 3.75. The summed E-state index contributed by atoms with van der Waals surface area (Å²) in [6.45, 7) is 11.4. The third-order valence-corrected chi connectivity index (χ3v) is 10.1. The van der Waals surface area contributed by atoms with Gasteiger partial charge in [-0.3, -0.25) is 0 Å². The standard InChI is InChI=1S/C22H31NOSi/c1-22(2,3)25(5,6)24-21-15-13-20(14-16-21)23(4)19-11-9-18(10-12-19)17-7-8-17/h9-17H,7-8H2,1-6H3. The number of nitrogens with zero attached hydrogens (tertiary/aromatic N) is 1. The number of rotatable bonds is 5. The second kappa shape index (κ2) is 6.53. The van der Waals surface area contributed by atoms with Gasteiger partial charge < -0.3 is 9.33 Å². The molecule has 134 valence electrons. The van der Waals surface area contributed by atoms with Crippen molar-refractivity contribution in [2.24, 2.45) is 0 Å². The largest absolute Gasteiger partial charge is 0.544 e. The monoisotopic (exact) mass is 353 g/mol. The molecule has 1 aliphatic carbocycles. The highest BCUT2D eigenvalue weighted by atomic mass is 28.4. The van der Waals surface area contributed by atoms with E-state index >= 15 is 0 Å². The average Bonchev–Trinajstić information content (AvgIpc) is 3.39.